The van der Waals surface area contributed by atoms with Crippen LogP contribution >= 0.6 is 0 Å². The van der Waals surface area contributed by atoms with Crippen molar-refractivity contribution in [3.63, 3.8) is 0 Å². The molecule has 0 saturated carbocycles. The van der Waals surface area contributed by atoms with Gasteiger partial charge in [0.2, 0.25) is 5.91 Å². The van der Waals surface area contributed by atoms with Crippen molar-refractivity contribution in [2.75, 3.05) is 13.1 Å². The molecular weight excluding hydrogens is 308 g/mol. The van der Waals surface area contributed by atoms with Crippen molar-refractivity contribution in [3.8, 4) is 0 Å². The fourth-order valence-electron chi connectivity index (χ4n) is 3.64. The van der Waals surface area contributed by atoms with Crippen molar-refractivity contribution in [3.05, 3.63) is 30.1 Å². The molecule has 0 bridgehead atoms. The van der Waals surface area contributed by atoms with Gasteiger partial charge in [0.05, 0.1) is 30.6 Å². The third-order valence-electron chi connectivity index (χ3n) is 4.97. The molecule has 8 nitrogen and oxygen atoms in total. The second kappa shape index (κ2) is 6.35. The number of likely N-dealkylation sites (tertiary alicyclic amines) is 1. The Hall–Kier alpha value is -2.22. The van der Waals surface area contributed by atoms with Crippen molar-refractivity contribution >= 4 is 5.91 Å². The van der Waals surface area contributed by atoms with Crippen LogP contribution in [0, 0.1) is 0 Å². The van der Waals surface area contributed by atoms with Gasteiger partial charge in [-0.1, -0.05) is 12.1 Å². The topological polar surface area (TPSA) is 78.1 Å². The van der Waals surface area contributed by atoms with E-state index in [0.717, 1.165) is 30.9 Å². The number of hydrogen-bond donors (Lipinski definition) is 0. The lowest BCUT2D eigenvalue weighted by molar-refractivity contribution is -0.138. The first-order chi connectivity index (χ1) is 11.8. The first-order valence-corrected chi connectivity index (χ1v) is 8.54. The molecule has 0 radical (unpaired) electrons. The summed E-state index contributed by atoms with van der Waals surface area (Å²) in [6.07, 6.45) is 7.81. The lowest BCUT2D eigenvalue weighted by Gasteiger charge is -2.41. The van der Waals surface area contributed by atoms with Crippen molar-refractivity contribution in [1.82, 2.24) is 29.4 Å². The van der Waals surface area contributed by atoms with Gasteiger partial charge < -0.3 is 14.2 Å². The Morgan fingerprint density at radius 2 is 2.38 bits per heavy atom. The van der Waals surface area contributed by atoms with Gasteiger partial charge in [-0.3, -0.25) is 4.79 Å². The van der Waals surface area contributed by atoms with Gasteiger partial charge in [-0.2, -0.15) is 0 Å². The second-order valence-electron chi connectivity index (χ2n) is 6.36. The first kappa shape index (κ1) is 15.3. The van der Waals surface area contributed by atoms with E-state index in [9.17, 15) is 4.79 Å². The summed E-state index contributed by atoms with van der Waals surface area (Å²) in [5, 5.41) is 8.15. The van der Waals surface area contributed by atoms with E-state index in [1.165, 1.54) is 0 Å². The Labute approximate surface area is 140 Å². The number of imidazole rings is 1. The molecule has 4 rings (SSSR count). The third kappa shape index (κ3) is 2.71. The van der Waals surface area contributed by atoms with Gasteiger partial charge in [-0.05, 0) is 6.42 Å². The largest absolute Gasteiger partial charge is 0.370 e. The zero-order valence-corrected chi connectivity index (χ0v) is 13.8. The molecule has 0 spiro atoms. The molecule has 0 N–H and O–H groups in total. The molecular formula is C16H22N6O2. The third-order valence-corrected chi connectivity index (χ3v) is 4.97. The molecule has 128 valence electrons. The van der Waals surface area contributed by atoms with Gasteiger partial charge in [-0.15, -0.1) is 5.10 Å². The molecule has 8 heteroatoms. The summed E-state index contributed by atoms with van der Waals surface area (Å²) in [6.45, 7) is 4.70. The van der Waals surface area contributed by atoms with Crippen LogP contribution in [-0.4, -0.2) is 54.5 Å². The zero-order chi connectivity index (χ0) is 16.5. The Kier molecular flexibility index (Phi) is 4.05. The highest BCUT2D eigenvalue weighted by Gasteiger charge is 2.37. The average molecular weight is 330 g/mol. The number of rotatable bonds is 4. The number of fused-ring (bicyclic) bond motifs is 3. The molecule has 2 aliphatic heterocycles. The number of aryl methyl sites for hydroxylation is 2. The highest BCUT2D eigenvalue weighted by molar-refractivity contribution is 5.76. The van der Waals surface area contributed by atoms with Crippen LogP contribution in [0.1, 0.15) is 37.3 Å². The SMILES string of the molecule is CCc1nccn1CCC(=O)N1CC[C@@H]2OCc3cnnn3[C@@H]2C1. The highest BCUT2D eigenvalue weighted by Crippen LogP contribution is 2.30. The monoisotopic (exact) mass is 330 g/mol. The average Bonchev–Trinajstić information content (AvgIpc) is 3.27. The van der Waals surface area contributed by atoms with Crippen LogP contribution < -0.4 is 0 Å². The van der Waals surface area contributed by atoms with Crippen molar-refractivity contribution in [1.29, 1.82) is 0 Å². The van der Waals surface area contributed by atoms with Crippen LogP contribution in [-0.2, 0) is 29.1 Å². The Balaban J connectivity index is 1.40. The minimum atomic E-state index is 0.0772. The number of carbonyl (C=O) groups excluding carboxylic acids is 1. The smallest absolute Gasteiger partial charge is 0.224 e. The maximum atomic E-state index is 12.6. The van der Waals surface area contributed by atoms with Gasteiger partial charge in [0, 0.05) is 44.9 Å². The van der Waals surface area contributed by atoms with Gasteiger partial charge in [0.1, 0.15) is 5.82 Å². The number of hydrogen-bond acceptors (Lipinski definition) is 5. The molecule has 1 amide bonds. The molecule has 0 aliphatic carbocycles. The molecule has 2 atom stereocenters. The number of piperidine rings is 1. The summed E-state index contributed by atoms with van der Waals surface area (Å²) in [4.78, 5) is 18.9. The van der Waals surface area contributed by atoms with E-state index >= 15 is 0 Å². The number of ether oxygens (including phenoxy) is 1. The van der Waals surface area contributed by atoms with E-state index in [1.807, 2.05) is 15.8 Å². The second-order valence-corrected chi connectivity index (χ2v) is 6.36. The summed E-state index contributed by atoms with van der Waals surface area (Å²) < 4.78 is 9.88. The van der Waals surface area contributed by atoms with E-state index in [2.05, 4.69) is 26.8 Å². The Morgan fingerprint density at radius 3 is 3.25 bits per heavy atom. The van der Waals surface area contributed by atoms with Crippen LogP contribution in [0.4, 0.5) is 0 Å². The van der Waals surface area contributed by atoms with Crippen molar-refractivity contribution < 1.29 is 9.53 Å². The first-order valence-electron chi connectivity index (χ1n) is 8.54. The Bertz CT molecular complexity index is 724. The standard InChI is InChI=1S/C16H22N6O2/c1-2-15-17-5-8-20(15)7-4-16(23)21-6-3-14-13(10-21)22-12(11-24-14)9-18-19-22/h5,8-9,13-14H,2-4,6-7,10-11H2,1H3/t13-,14+/m1/s1. The van der Waals surface area contributed by atoms with Crippen LogP contribution in [0.25, 0.3) is 0 Å². The fourth-order valence-corrected chi connectivity index (χ4v) is 3.64. The maximum Gasteiger partial charge on any atom is 0.224 e. The van der Waals surface area contributed by atoms with Crippen LogP contribution in [0.3, 0.4) is 0 Å². The molecule has 24 heavy (non-hydrogen) atoms. The number of nitrogens with zero attached hydrogens (tertiary/aromatic N) is 6. The number of carbonyl (C=O) groups is 1. The van der Waals surface area contributed by atoms with Crippen LogP contribution in [0.2, 0.25) is 0 Å². The maximum absolute atomic E-state index is 12.6. The van der Waals surface area contributed by atoms with Gasteiger partial charge in [-0.25, -0.2) is 9.67 Å². The summed E-state index contributed by atoms with van der Waals surface area (Å²) in [5.74, 6) is 1.20. The minimum absolute atomic E-state index is 0.0772. The quantitative estimate of drug-likeness (QED) is 0.828. The van der Waals surface area contributed by atoms with Crippen LogP contribution in [0.5, 0.6) is 0 Å². The lowest BCUT2D eigenvalue weighted by atomic mass is 10.00. The van der Waals surface area contributed by atoms with Crippen molar-refractivity contribution in [2.24, 2.45) is 0 Å². The normalized spacial score (nSPS) is 23.0. The van der Waals surface area contributed by atoms with Crippen LogP contribution in [0.15, 0.2) is 18.6 Å². The van der Waals surface area contributed by atoms with Gasteiger partial charge in [0.15, 0.2) is 0 Å². The fraction of sp³-hybridized carbons (Fsp3) is 0.625. The zero-order valence-electron chi connectivity index (χ0n) is 13.8. The molecule has 1 saturated heterocycles. The van der Waals surface area contributed by atoms with Gasteiger partial charge >= 0.3 is 0 Å². The minimum Gasteiger partial charge on any atom is -0.370 e. The molecule has 2 aromatic heterocycles. The lowest BCUT2D eigenvalue weighted by Crippen LogP contribution is -2.50. The Morgan fingerprint density at radius 1 is 1.46 bits per heavy atom. The number of aromatic nitrogens is 5. The van der Waals surface area contributed by atoms with E-state index in [4.69, 9.17) is 4.74 Å². The summed E-state index contributed by atoms with van der Waals surface area (Å²) in [5.41, 5.74) is 0.983. The molecule has 2 aliphatic rings. The highest BCUT2D eigenvalue weighted by atomic mass is 16.5. The van der Waals surface area contributed by atoms with E-state index in [1.54, 1.807) is 12.4 Å². The van der Waals surface area contributed by atoms with E-state index in [0.29, 0.717) is 26.1 Å². The summed E-state index contributed by atoms with van der Waals surface area (Å²) >= 11 is 0. The number of amides is 1. The van der Waals surface area contributed by atoms with Gasteiger partial charge in [0.25, 0.3) is 0 Å². The van der Waals surface area contributed by atoms with E-state index < -0.39 is 0 Å². The molecule has 0 aromatic carbocycles. The summed E-state index contributed by atoms with van der Waals surface area (Å²) in [7, 11) is 0. The van der Waals surface area contributed by atoms with E-state index in [-0.39, 0.29) is 18.1 Å². The van der Waals surface area contributed by atoms with Crippen molar-refractivity contribution in [2.45, 2.75) is 51.5 Å². The molecule has 1 fully saturated rings. The molecule has 0 unspecified atom stereocenters. The molecule has 4 heterocycles. The molecule has 2 aromatic rings. The predicted molar refractivity (Wildman–Crippen MR) is 85.1 cm³/mol. The summed E-state index contributed by atoms with van der Waals surface area (Å²) in [6, 6.07) is 0.0772. The predicted octanol–water partition coefficient (Wildman–Crippen LogP) is 0.799.